The highest BCUT2D eigenvalue weighted by molar-refractivity contribution is 7.98. The topological polar surface area (TPSA) is 56.7 Å². The summed E-state index contributed by atoms with van der Waals surface area (Å²) >= 11 is 1.45. The molecule has 9 heteroatoms. The third-order valence-electron chi connectivity index (χ3n) is 4.01. The molecule has 5 nitrogen and oxygen atoms in total. The highest BCUT2D eigenvalue weighted by Gasteiger charge is 2.30. The average molecular weight is 390 g/mol. The van der Waals surface area contributed by atoms with Gasteiger partial charge >= 0.3 is 6.18 Å². The quantitative estimate of drug-likeness (QED) is 0.462. The zero-order valence-corrected chi connectivity index (χ0v) is 14.9. The Morgan fingerprint density at radius 2 is 1.78 bits per heavy atom. The number of aromatic nitrogens is 4. The van der Waals surface area contributed by atoms with E-state index in [0.717, 1.165) is 28.3 Å². The van der Waals surface area contributed by atoms with Crippen LogP contribution in [0.3, 0.4) is 0 Å². The lowest BCUT2D eigenvalue weighted by molar-refractivity contribution is -0.137. The first-order chi connectivity index (χ1) is 12.9. The first-order valence-corrected chi connectivity index (χ1v) is 8.95. The molecule has 0 fully saturated rings. The first kappa shape index (κ1) is 17.6. The van der Waals surface area contributed by atoms with Crippen molar-refractivity contribution in [2.45, 2.75) is 17.1 Å². The van der Waals surface area contributed by atoms with Crippen molar-refractivity contribution in [3.05, 3.63) is 60.0 Å². The molecule has 0 saturated carbocycles. The molecule has 0 atom stereocenters. The van der Waals surface area contributed by atoms with Gasteiger partial charge < -0.3 is 9.09 Å². The number of alkyl halides is 3. The summed E-state index contributed by atoms with van der Waals surface area (Å²) in [6.07, 6.45) is -4.37. The van der Waals surface area contributed by atoms with E-state index < -0.39 is 11.7 Å². The number of hydrogen-bond acceptors (Lipinski definition) is 5. The number of imidazole rings is 1. The monoisotopic (exact) mass is 390 g/mol. The van der Waals surface area contributed by atoms with Crippen molar-refractivity contribution in [3.63, 3.8) is 0 Å². The Morgan fingerprint density at radius 1 is 1.04 bits per heavy atom. The van der Waals surface area contributed by atoms with Crippen LogP contribution >= 0.6 is 11.8 Å². The molecule has 138 valence electrons. The van der Waals surface area contributed by atoms with Gasteiger partial charge in [0.05, 0.1) is 22.3 Å². The molecule has 0 unspecified atom stereocenters. The van der Waals surface area contributed by atoms with E-state index in [0.29, 0.717) is 17.2 Å². The van der Waals surface area contributed by atoms with Crippen LogP contribution in [-0.4, -0.2) is 19.7 Å². The molecule has 0 spiro atoms. The summed E-state index contributed by atoms with van der Waals surface area (Å²) in [5.41, 5.74) is 1.67. The fraction of sp³-hybridized carbons (Fsp3) is 0.167. The fourth-order valence-electron chi connectivity index (χ4n) is 2.62. The van der Waals surface area contributed by atoms with Crippen LogP contribution in [0.15, 0.2) is 58.2 Å². The Kier molecular flexibility index (Phi) is 4.39. The van der Waals surface area contributed by atoms with Crippen molar-refractivity contribution in [3.8, 4) is 11.4 Å². The van der Waals surface area contributed by atoms with Crippen molar-refractivity contribution in [1.29, 1.82) is 0 Å². The molecular formula is C18H13F3N4OS. The maximum absolute atomic E-state index is 12.6. The number of para-hydroxylation sites is 2. The zero-order chi connectivity index (χ0) is 19.0. The van der Waals surface area contributed by atoms with Crippen LogP contribution in [0, 0.1) is 0 Å². The largest absolute Gasteiger partial charge is 0.416 e. The standard InChI is InChI=1S/C18H13F3N4OS/c1-25-14-5-3-2-4-13(14)22-17(25)27-10-15-23-16(24-26-15)11-6-8-12(9-7-11)18(19,20)21/h2-9H,10H2,1H3. The normalized spacial score (nSPS) is 12.0. The zero-order valence-electron chi connectivity index (χ0n) is 14.1. The summed E-state index contributed by atoms with van der Waals surface area (Å²) in [7, 11) is 1.93. The number of nitrogens with zero attached hydrogens (tertiary/aromatic N) is 4. The number of halogens is 3. The van der Waals surface area contributed by atoms with Crippen molar-refractivity contribution >= 4 is 22.8 Å². The summed E-state index contributed by atoms with van der Waals surface area (Å²) in [4.78, 5) is 8.81. The van der Waals surface area contributed by atoms with Gasteiger partial charge in [0.15, 0.2) is 5.16 Å². The molecule has 0 saturated heterocycles. The molecule has 0 aliphatic carbocycles. The Morgan fingerprint density at radius 3 is 2.48 bits per heavy atom. The van der Waals surface area contributed by atoms with Crippen molar-refractivity contribution in [1.82, 2.24) is 19.7 Å². The highest BCUT2D eigenvalue weighted by atomic mass is 32.2. The van der Waals surface area contributed by atoms with Gasteiger partial charge in [-0.05, 0) is 24.3 Å². The predicted molar refractivity (Wildman–Crippen MR) is 95.0 cm³/mol. The van der Waals surface area contributed by atoms with Crippen molar-refractivity contribution in [2.24, 2.45) is 7.05 Å². The van der Waals surface area contributed by atoms with Gasteiger partial charge in [-0.25, -0.2) is 4.98 Å². The van der Waals surface area contributed by atoms with E-state index in [2.05, 4.69) is 15.1 Å². The van der Waals surface area contributed by atoms with Crippen LogP contribution in [0.2, 0.25) is 0 Å². The van der Waals surface area contributed by atoms with E-state index in [1.54, 1.807) is 0 Å². The van der Waals surface area contributed by atoms with Gasteiger partial charge in [-0.3, -0.25) is 0 Å². The van der Waals surface area contributed by atoms with Crippen molar-refractivity contribution < 1.29 is 17.7 Å². The first-order valence-electron chi connectivity index (χ1n) is 7.96. The smallest absolute Gasteiger partial charge is 0.338 e. The van der Waals surface area contributed by atoms with Gasteiger partial charge in [0.2, 0.25) is 11.7 Å². The number of thioether (sulfide) groups is 1. The number of rotatable bonds is 4. The van der Waals surface area contributed by atoms with E-state index in [9.17, 15) is 13.2 Å². The molecule has 0 aliphatic rings. The molecule has 0 bridgehead atoms. The van der Waals surface area contributed by atoms with Gasteiger partial charge in [-0.2, -0.15) is 18.2 Å². The summed E-state index contributed by atoms with van der Waals surface area (Å²) in [5.74, 6) is 1.04. The summed E-state index contributed by atoms with van der Waals surface area (Å²) in [6.45, 7) is 0. The second kappa shape index (κ2) is 6.73. The van der Waals surface area contributed by atoms with Gasteiger partial charge in [0.1, 0.15) is 0 Å². The lowest BCUT2D eigenvalue weighted by Crippen LogP contribution is -2.04. The van der Waals surface area contributed by atoms with Crippen LogP contribution in [-0.2, 0) is 19.0 Å². The summed E-state index contributed by atoms with van der Waals surface area (Å²) in [5, 5.41) is 4.66. The average Bonchev–Trinajstić information content (AvgIpc) is 3.25. The van der Waals surface area contributed by atoms with E-state index >= 15 is 0 Å². The third-order valence-corrected chi connectivity index (χ3v) is 5.02. The molecule has 2 aromatic heterocycles. The maximum Gasteiger partial charge on any atom is 0.416 e. The molecule has 0 radical (unpaired) electrons. The Hall–Kier alpha value is -2.81. The Balaban J connectivity index is 1.48. The second-order valence-electron chi connectivity index (χ2n) is 5.82. The maximum atomic E-state index is 12.6. The Bertz CT molecular complexity index is 1090. The number of benzene rings is 2. The van der Waals surface area contributed by atoms with Crippen LogP contribution in [0.5, 0.6) is 0 Å². The number of fused-ring (bicyclic) bond motifs is 1. The number of aryl methyl sites for hydroxylation is 1. The molecule has 0 amide bonds. The Labute approximate surface area is 156 Å². The van der Waals surface area contributed by atoms with Crippen LogP contribution < -0.4 is 0 Å². The predicted octanol–water partition coefficient (Wildman–Crippen LogP) is 4.93. The van der Waals surface area contributed by atoms with Crippen LogP contribution in [0.1, 0.15) is 11.5 Å². The molecule has 0 aliphatic heterocycles. The van der Waals surface area contributed by atoms with Crippen LogP contribution in [0.4, 0.5) is 13.2 Å². The second-order valence-corrected chi connectivity index (χ2v) is 6.76. The molecule has 2 heterocycles. The van der Waals surface area contributed by atoms with E-state index in [-0.39, 0.29) is 5.82 Å². The molecule has 4 aromatic rings. The molecular weight excluding hydrogens is 377 g/mol. The third kappa shape index (κ3) is 3.55. The van der Waals surface area contributed by atoms with Crippen LogP contribution in [0.25, 0.3) is 22.4 Å². The lowest BCUT2D eigenvalue weighted by atomic mass is 10.1. The molecule has 0 N–H and O–H groups in total. The van der Waals surface area contributed by atoms with E-state index in [4.69, 9.17) is 4.52 Å². The molecule has 27 heavy (non-hydrogen) atoms. The molecule has 2 aromatic carbocycles. The van der Waals surface area contributed by atoms with Gasteiger partial charge in [-0.15, -0.1) is 0 Å². The minimum atomic E-state index is -4.37. The van der Waals surface area contributed by atoms with E-state index in [1.165, 1.54) is 23.9 Å². The van der Waals surface area contributed by atoms with E-state index in [1.807, 2.05) is 35.9 Å². The minimum Gasteiger partial charge on any atom is -0.338 e. The minimum absolute atomic E-state index is 0.254. The van der Waals surface area contributed by atoms with Gasteiger partial charge in [-0.1, -0.05) is 41.2 Å². The summed E-state index contributed by atoms with van der Waals surface area (Å²) < 4.78 is 45.1. The summed E-state index contributed by atoms with van der Waals surface area (Å²) in [6, 6.07) is 12.5. The van der Waals surface area contributed by atoms with Gasteiger partial charge in [0, 0.05) is 12.6 Å². The highest BCUT2D eigenvalue weighted by Crippen LogP contribution is 2.31. The fourth-order valence-corrected chi connectivity index (χ4v) is 3.44. The number of hydrogen-bond donors (Lipinski definition) is 0. The molecule has 4 rings (SSSR count). The SMILES string of the molecule is Cn1c(SCc2nc(-c3ccc(C(F)(F)F)cc3)no2)nc2ccccc21. The van der Waals surface area contributed by atoms with Crippen molar-refractivity contribution in [2.75, 3.05) is 0 Å². The lowest BCUT2D eigenvalue weighted by Gasteiger charge is -2.05. The van der Waals surface area contributed by atoms with Gasteiger partial charge in [0.25, 0.3) is 0 Å².